The van der Waals surface area contributed by atoms with E-state index < -0.39 is 6.10 Å². The largest absolute Gasteiger partial charge is 0.497 e. The summed E-state index contributed by atoms with van der Waals surface area (Å²) in [7, 11) is 1.58. The standard InChI is InChI=1S/C14H15NO4/c1-18-12-4-2-10(3-5-12)13(16)8-15-14(17)11-6-7-19-9-11/h2-7,9,13,16H,8H2,1H3,(H,15,17). The molecular weight excluding hydrogens is 246 g/mol. The average molecular weight is 261 g/mol. The highest BCUT2D eigenvalue weighted by Crippen LogP contribution is 2.17. The Morgan fingerprint density at radius 2 is 2.11 bits per heavy atom. The third-order valence-corrected chi connectivity index (χ3v) is 2.74. The molecule has 100 valence electrons. The lowest BCUT2D eigenvalue weighted by Gasteiger charge is -2.12. The second-order valence-corrected chi connectivity index (χ2v) is 4.01. The number of methoxy groups -OCH3 is 1. The van der Waals surface area contributed by atoms with Gasteiger partial charge in [0.2, 0.25) is 0 Å². The van der Waals surface area contributed by atoms with Crippen LogP contribution in [0, 0.1) is 0 Å². The summed E-state index contributed by atoms with van der Waals surface area (Å²) in [5.74, 6) is 0.444. The number of aliphatic hydroxyl groups is 1. The summed E-state index contributed by atoms with van der Waals surface area (Å²) < 4.78 is 9.85. The molecule has 0 fully saturated rings. The van der Waals surface area contributed by atoms with Crippen LogP contribution in [-0.2, 0) is 0 Å². The van der Waals surface area contributed by atoms with Gasteiger partial charge < -0.3 is 19.6 Å². The number of amides is 1. The van der Waals surface area contributed by atoms with Crippen molar-refractivity contribution >= 4 is 5.91 Å². The van der Waals surface area contributed by atoms with Crippen LogP contribution in [0.1, 0.15) is 22.0 Å². The number of hydrogen-bond acceptors (Lipinski definition) is 4. The van der Waals surface area contributed by atoms with Gasteiger partial charge in [0.05, 0.1) is 25.0 Å². The maximum Gasteiger partial charge on any atom is 0.254 e. The number of hydrogen-bond donors (Lipinski definition) is 2. The fourth-order valence-corrected chi connectivity index (χ4v) is 1.63. The molecule has 1 amide bonds. The first kappa shape index (κ1) is 13.2. The minimum absolute atomic E-state index is 0.135. The Bertz CT molecular complexity index is 519. The molecule has 1 aromatic heterocycles. The molecule has 1 atom stereocenters. The van der Waals surface area contributed by atoms with E-state index in [1.807, 2.05) is 0 Å². The van der Waals surface area contributed by atoms with Crippen molar-refractivity contribution in [3.63, 3.8) is 0 Å². The summed E-state index contributed by atoms with van der Waals surface area (Å²) in [6.45, 7) is 0.135. The van der Waals surface area contributed by atoms with Crippen molar-refractivity contribution in [1.82, 2.24) is 5.32 Å². The van der Waals surface area contributed by atoms with E-state index in [4.69, 9.17) is 9.15 Å². The minimum atomic E-state index is -0.762. The zero-order valence-corrected chi connectivity index (χ0v) is 10.5. The predicted molar refractivity (Wildman–Crippen MR) is 69.0 cm³/mol. The van der Waals surface area contributed by atoms with Gasteiger partial charge >= 0.3 is 0 Å². The molecule has 0 aliphatic carbocycles. The zero-order chi connectivity index (χ0) is 13.7. The summed E-state index contributed by atoms with van der Waals surface area (Å²) in [6, 6.07) is 8.60. The molecule has 2 N–H and O–H groups in total. The highest BCUT2D eigenvalue weighted by atomic mass is 16.5. The zero-order valence-electron chi connectivity index (χ0n) is 10.5. The number of carbonyl (C=O) groups excluding carboxylic acids is 1. The number of benzene rings is 1. The summed E-state index contributed by atoms with van der Waals surface area (Å²) >= 11 is 0. The summed E-state index contributed by atoms with van der Waals surface area (Å²) in [4.78, 5) is 11.6. The predicted octanol–water partition coefficient (Wildman–Crippen LogP) is 1.75. The molecule has 1 heterocycles. The van der Waals surface area contributed by atoms with Crippen molar-refractivity contribution in [2.45, 2.75) is 6.10 Å². The molecule has 0 spiro atoms. The van der Waals surface area contributed by atoms with Gasteiger partial charge in [0, 0.05) is 6.54 Å². The maximum absolute atomic E-state index is 11.6. The number of ether oxygens (including phenoxy) is 1. The SMILES string of the molecule is COc1ccc(C(O)CNC(=O)c2ccoc2)cc1. The summed E-state index contributed by atoms with van der Waals surface area (Å²) in [5, 5.41) is 12.6. The van der Waals surface area contributed by atoms with Crippen LogP contribution in [0.3, 0.4) is 0 Å². The first-order chi connectivity index (χ1) is 9.20. The Kier molecular flexibility index (Phi) is 4.20. The summed E-state index contributed by atoms with van der Waals surface area (Å²) in [5.41, 5.74) is 1.15. The van der Waals surface area contributed by atoms with Crippen LogP contribution >= 0.6 is 0 Å². The van der Waals surface area contributed by atoms with Crippen molar-refractivity contribution in [2.24, 2.45) is 0 Å². The molecule has 5 heteroatoms. The molecule has 2 aromatic rings. The van der Waals surface area contributed by atoms with Crippen LogP contribution in [0.2, 0.25) is 0 Å². The van der Waals surface area contributed by atoms with Crippen molar-refractivity contribution in [3.8, 4) is 5.75 Å². The third kappa shape index (κ3) is 3.35. The lowest BCUT2D eigenvalue weighted by atomic mass is 10.1. The van der Waals surface area contributed by atoms with E-state index in [1.165, 1.54) is 12.5 Å². The van der Waals surface area contributed by atoms with Crippen LogP contribution in [0.5, 0.6) is 5.75 Å². The number of aliphatic hydroxyl groups excluding tert-OH is 1. The molecule has 5 nitrogen and oxygen atoms in total. The van der Waals surface area contributed by atoms with Crippen LogP contribution in [0.25, 0.3) is 0 Å². The fraction of sp³-hybridized carbons (Fsp3) is 0.214. The Labute approximate surface area is 110 Å². The van der Waals surface area contributed by atoms with Gasteiger partial charge in [-0.2, -0.15) is 0 Å². The molecule has 0 radical (unpaired) electrons. The van der Waals surface area contributed by atoms with E-state index in [1.54, 1.807) is 37.4 Å². The molecular formula is C14H15NO4. The second-order valence-electron chi connectivity index (χ2n) is 4.01. The van der Waals surface area contributed by atoms with Gasteiger partial charge in [-0.3, -0.25) is 4.79 Å². The van der Waals surface area contributed by atoms with Gasteiger partial charge in [-0.15, -0.1) is 0 Å². The quantitative estimate of drug-likeness (QED) is 0.860. The first-order valence-electron chi connectivity index (χ1n) is 5.83. The van der Waals surface area contributed by atoms with E-state index in [9.17, 15) is 9.90 Å². The monoisotopic (exact) mass is 261 g/mol. The van der Waals surface area contributed by atoms with Gasteiger partial charge in [-0.25, -0.2) is 0 Å². The fourth-order valence-electron chi connectivity index (χ4n) is 1.63. The van der Waals surface area contributed by atoms with Crippen molar-refractivity contribution in [2.75, 3.05) is 13.7 Å². The maximum atomic E-state index is 11.6. The van der Waals surface area contributed by atoms with Crippen LogP contribution in [-0.4, -0.2) is 24.7 Å². The minimum Gasteiger partial charge on any atom is -0.497 e. The van der Waals surface area contributed by atoms with Crippen LogP contribution in [0.4, 0.5) is 0 Å². The molecule has 0 aliphatic rings. The number of nitrogens with one attached hydrogen (secondary N) is 1. The van der Waals surface area contributed by atoms with Gasteiger partial charge in [-0.1, -0.05) is 12.1 Å². The Balaban J connectivity index is 1.90. The third-order valence-electron chi connectivity index (χ3n) is 2.74. The molecule has 0 bridgehead atoms. The molecule has 0 aliphatic heterocycles. The normalized spacial score (nSPS) is 11.9. The lowest BCUT2D eigenvalue weighted by Crippen LogP contribution is -2.28. The molecule has 0 saturated carbocycles. The van der Waals surface area contributed by atoms with Gasteiger partial charge in [0.1, 0.15) is 12.0 Å². The second kappa shape index (κ2) is 6.06. The summed E-state index contributed by atoms with van der Waals surface area (Å²) in [6.07, 6.45) is 2.02. The van der Waals surface area contributed by atoms with E-state index >= 15 is 0 Å². The van der Waals surface area contributed by atoms with Gasteiger partial charge in [0.15, 0.2) is 0 Å². The van der Waals surface area contributed by atoms with Gasteiger partial charge in [-0.05, 0) is 23.8 Å². The van der Waals surface area contributed by atoms with E-state index in [2.05, 4.69) is 5.32 Å². The lowest BCUT2D eigenvalue weighted by molar-refractivity contribution is 0.0915. The molecule has 2 rings (SSSR count). The van der Waals surface area contributed by atoms with Crippen molar-refractivity contribution in [1.29, 1.82) is 0 Å². The average Bonchev–Trinajstić information content (AvgIpc) is 2.98. The topological polar surface area (TPSA) is 71.7 Å². The highest BCUT2D eigenvalue weighted by Gasteiger charge is 2.11. The Morgan fingerprint density at radius 1 is 1.37 bits per heavy atom. The van der Waals surface area contributed by atoms with E-state index in [0.717, 1.165) is 5.75 Å². The highest BCUT2D eigenvalue weighted by molar-refractivity contribution is 5.93. The number of furan rings is 1. The Morgan fingerprint density at radius 3 is 2.68 bits per heavy atom. The number of carbonyl (C=O) groups is 1. The number of rotatable bonds is 5. The first-order valence-corrected chi connectivity index (χ1v) is 5.83. The smallest absolute Gasteiger partial charge is 0.254 e. The molecule has 0 saturated heterocycles. The van der Waals surface area contributed by atoms with Crippen molar-refractivity contribution in [3.05, 3.63) is 54.0 Å². The van der Waals surface area contributed by atoms with Crippen LogP contribution in [0.15, 0.2) is 47.3 Å². The van der Waals surface area contributed by atoms with Crippen LogP contribution < -0.4 is 10.1 Å². The molecule has 19 heavy (non-hydrogen) atoms. The van der Waals surface area contributed by atoms with E-state index in [0.29, 0.717) is 11.1 Å². The van der Waals surface area contributed by atoms with Gasteiger partial charge in [0.25, 0.3) is 5.91 Å². The molecule has 1 unspecified atom stereocenters. The van der Waals surface area contributed by atoms with E-state index in [-0.39, 0.29) is 12.5 Å². The molecule has 1 aromatic carbocycles. The Hall–Kier alpha value is -2.27. The van der Waals surface area contributed by atoms with Crippen molar-refractivity contribution < 1.29 is 19.1 Å².